The van der Waals surface area contributed by atoms with E-state index in [-0.39, 0.29) is 23.8 Å². The van der Waals surface area contributed by atoms with Crippen LogP contribution >= 0.6 is 0 Å². The predicted octanol–water partition coefficient (Wildman–Crippen LogP) is 3.96. The molecule has 1 saturated carbocycles. The van der Waals surface area contributed by atoms with E-state index < -0.39 is 29.5 Å². The van der Waals surface area contributed by atoms with Crippen molar-refractivity contribution in [2.75, 3.05) is 13.1 Å². The number of fused-ring (bicyclic) bond motifs is 2. The second-order valence-electron chi connectivity index (χ2n) is 8.21. The molecule has 0 aromatic heterocycles. The molecule has 2 fully saturated rings. The maximum absolute atomic E-state index is 14.4. The van der Waals surface area contributed by atoms with Crippen LogP contribution in [0.3, 0.4) is 0 Å². The van der Waals surface area contributed by atoms with Crippen molar-refractivity contribution in [3.63, 3.8) is 0 Å². The summed E-state index contributed by atoms with van der Waals surface area (Å²) in [6.07, 6.45) is -10.3. The highest BCUT2D eigenvalue weighted by Crippen LogP contribution is 2.66. The van der Waals surface area contributed by atoms with E-state index in [1.165, 1.54) is 6.07 Å². The fourth-order valence-corrected chi connectivity index (χ4v) is 5.44. The highest BCUT2D eigenvalue weighted by molar-refractivity contribution is 5.73. The van der Waals surface area contributed by atoms with Crippen LogP contribution in [0.4, 0.5) is 30.7 Å². The highest BCUT2D eigenvalue weighted by atomic mass is 19.4. The zero-order valence-electron chi connectivity index (χ0n) is 15.2. The molecule has 1 spiro atoms. The quantitative estimate of drug-likeness (QED) is 0.744. The van der Waals surface area contributed by atoms with Gasteiger partial charge >= 0.3 is 18.0 Å². The molecule has 10 heteroatoms. The van der Waals surface area contributed by atoms with Gasteiger partial charge in [-0.05, 0) is 42.9 Å². The van der Waals surface area contributed by atoms with Gasteiger partial charge in [-0.25, -0.2) is 4.39 Å². The van der Waals surface area contributed by atoms with Crippen molar-refractivity contribution in [1.82, 2.24) is 4.90 Å². The van der Waals surface area contributed by atoms with E-state index in [0.717, 1.165) is 12.5 Å². The summed E-state index contributed by atoms with van der Waals surface area (Å²) in [5.74, 6) is -0.415. The maximum atomic E-state index is 14.4. The Kier molecular flexibility index (Phi) is 4.29. The van der Waals surface area contributed by atoms with Crippen LogP contribution < -0.4 is 5.73 Å². The largest absolute Gasteiger partial charge is 0.435 e. The fraction of sp³-hybridized carbons (Fsp3) is 0.632. The molecule has 29 heavy (non-hydrogen) atoms. The lowest BCUT2D eigenvalue weighted by atomic mass is 9.77. The molecule has 2 N–H and O–H groups in total. The summed E-state index contributed by atoms with van der Waals surface area (Å²) in [7, 11) is 0. The van der Waals surface area contributed by atoms with E-state index in [4.69, 9.17) is 5.73 Å². The number of rotatable bonds is 4. The Bertz CT molecular complexity index is 836. The number of nitrogens with two attached hydrogens (primary N) is 1. The lowest BCUT2D eigenvalue weighted by Gasteiger charge is -2.36. The summed E-state index contributed by atoms with van der Waals surface area (Å²) in [5.41, 5.74) is -0.811. The number of amides is 1. The van der Waals surface area contributed by atoms with Gasteiger partial charge in [0, 0.05) is 30.0 Å². The van der Waals surface area contributed by atoms with E-state index in [0.29, 0.717) is 43.1 Å². The average Bonchev–Trinajstić information content (AvgIpc) is 3.19. The highest BCUT2D eigenvalue weighted by Gasteiger charge is 2.74. The third kappa shape index (κ3) is 2.78. The summed E-state index contributed by atoms with van der Waals surface area (Å²) in [6, 6.07) is 2.57. The predicted molar refractivity (Wildman–Crippen MR) is 88.6 cm³/mol. The smallest absolute Gasteiger partial charge is 0.370 e. The zero-order valence-corrected chi connectivity index (χ0v) is 15.2. The molecule has 1 aliphatic heterocycles. The first-order chi connectivity index (χ1) is 13.3. The molecule has 1 aromatic carbocycles. The van der Waals surface area contributed by atoms with Crippen LogP contribution in [0, 0.1) is 5.92 Å². The van der Waals surface area contributed by atoms with Crippen molar-refractivity contribution in [3.05, 3.63) is 34.9 Å². The lowest BCUT2D eigenvalue weighted by Crippen LogP contribution is -2.50. The number of primary amides is 1. The Morgan fingerprint density at radius 1 is 1.14 bits per heavy atom. The molecule has 1 aromatic rings. The molecular weight excluding hydrogens is 405 g/mol. The summed E-state index contributed by atoms with van der Waals surface area (Å²) in [6.45, 7) is 1.15. The first-order valence-corrected chi connectivity index (χ1v) is 9.31. The van der Waals surface area contributed by atoms with E-state index in [9.17, 15) is 35.5 Å². The number of benzene rings is 1. The van der Waals surface area contributed by atoms with Gasteiger partial charge in [-0.1, -0.05) is 18.2 Å². The SMILES string of the molecule is NC(=O)CCN1CC[C@H]2c3ccc(C(F)(C(F)(F)F)C(F)(F)F)cc3CC3CC321. The molecule has 3 nitrogen and oxygen atoms in total. The van der Waals surface area contributed by atoms with Crippen LogP contribution in [0.25, 0.3) is 0 Å². The van der Waals surface area contributed by atoms with Gasteiger partial charge in [-0.3, -0.25) is 9.69 Å². The van der Waals surface area contributed by atoms with Crippen LogP contribution in [0.5, 0.6) is 0 Å². The van der Waals surface area contributed by atoms with Crippen molar-refractivity contribution in [1.29, 1.82) is 0 Å². The maximum Gasteiger partial charge on any atom is 0.435 e. The Morgan fingerprint density at radius 3 is 2.38 bits per heavy atom. The average molecular weight is 424 g/mol. The van der Waals surface area contributed by atoms with Crippen LogP contribution in [-0.4, -0.2) is 41.8 Å². The van der Waals surface area contributed by atoms with Crippen molar-refractivity contribution in [2.45, 2.75) is 55.2 Å². The van der Waals surface area contributed by atoms with Gasteiger partial charge < -0.3 is 5.73 Å². The summed E-state index contributed by atoms with van der Waals surface area (Å²) in [4.78, 5) is 13.3. The summed E-state index contributed by atoms with van der Waals surface area (Å²) >= 11 is 0. The molecule has 160 valence electrons. The second-order valence-corrected chi connectivity index (χ2v) is 8.21. The number of hydrogen-bond acceptors (Lipinski definition) is 2. The van der Waals surface area contributed by atoms with Gasteiger partial charge in [0.2, 0.25) is 5.91 Å². The van der Waals surface area contributed by atoms with Crippen LogP contribution in [0.1, 0.15) is 41.9 Å². The normalized spacial score (nSPS) is 29.2. The number of alkyl halides is 7. The van der Waals surface area contributed by atoms with Crippen LogP contribution in [-0.2, 0) is 16.9 Å². The van der Waals surface area contributed by atoms with Crippen molar-refractivity contribution >= 4 is 5.91 Å². The molecule has 1 amide bonds. The van der Waals surface area contributed by atoms with Gasteiger partial charge in [0.1, 0.15) is 0 Å². The van der Waals surface area contributed by atoms with Gasteiger partial charge in [0.15, 0.2) is 0 Å². The zero-order chi connectivity index (χ0) is 21.4. The van der Waals surface area contributed by atoms with E-state index >= 15 is 0 Å². The number of carbonyl (C=O) groups excluding carboxylic acids is 1. The Morgan fingerprint density at radius 2 is 1.79 bits per heavy atom. The molecule has 3 aliphatic rings. The van der Waals surface area contributed by atoms with E-state index in [1.807, 2.05) is 0 Å². The minimum atomic E-state index is -6.11. The molecule has 1 heterocycles. The topological polar surface area (TPSA) is 46.3 Å². The first kappa shape index (κ1) is 20.4. The number of nitrogens with zero attached hydrogens (tertiary/aromatic N) is 1. The summed E-state index contributed by atoms with van der Waals surface area (Å²) in [5, 5.41) is 0. The molecule has 1 saturated heterocycles. The summed E-state index contributed by atoms with van der Waals surface area (Å²) < 4.78 is 92.9. The fourth-order valence-electron chi connectivity index (χ4n) is 5.44. The van der Waals surface area contributed by atoms with Crippen molar-refractivity contribution < 1.29 is 35.5 Å². The lowest BCUT2D eigenvalue weighted by molar-refractivity contribution is -0.348. The number of halogens is 7. The minimum Gasteiger partial charge on any atom is -0.370 e. The number of carbonyl (C=O) groups is 1. The third-order valence-corrected chi connectivity index (χ3v) is 6.79. The molecule has 4 rings (SSSR count). The Hall–Kier alpha value is -1.84. The van der Waals surface area contributed by atoms with Crippen LogP contribution in [0.2, 0.25) is 0 Å². The number of hydrogen-bond donors (Lipinski definition) is 1. The minimum absolute atomic E-state index is 0.0519. The molecular formula is C19H19F7N2O. The third-order valence-electron chi connectivity index (χ3n) is 6.79. The number of likely N-dealkylation sites (tertiary alicyclic amines) is 1. The molecule has 2 unspecified atom stereocenters. The van der Waals surface area contributed by atoms with E-state index in [2.05, 4.69) is 4.90 Å². The molecule has 0 bridgehead atoms. The standard InChI is InChI=1S/C19H19F7N2O/c20-17(18(21,22)23,19(24,25)26)11-1-2-13-10(7-11)8-12-9-16(12)14(13)3-5-28(16)6-4-15(27)29/h1-2,7,12,14H,3-6,8-9H2,(H2,27,29)/t12?,14-,16?/m0/s1. The Balaban J connectivity index is 1.68. The Labute approximate surface area is 162 Å². The van der Waals surface area contributed by atoms with E-state index in [1.54, 1.807) is 0 Å². The molecule has 3 atom stereocenters. The van der Waals surface area contributed by atoms with Crippen molar-refractivity contribution in [2.24, 2.45) is 11.7 Å². The van der Waals surface area contributed by atoms with Gasteiger partial charge in [0.05, 0.1) is 0 Å². The van der Waals surface area contributed by atoms with Gasteiger partial charge in [0.25, 0.3) is 0 Å². The molecule has 2 aliphatic carbocycles. The monoisotopic (exact) mass is 424 g/mol. The van der Waals surface area contributed by atoms with Gasteiger partial charge in [-0.2, -0.15) is 26.3 Å². The first-order valence-electron chi connectivity index (χ1n) is 9.31. The van der Waals surface area contributed by atoms with Gasteiger partial charge in [-0.15, -0.1) is 0 Å². The van der Waals surface area contributed by atoms with Crippen molar-refractivity contribution in [3.8, 4) is 0 Å². The second kappa shape index (κ2) is 6.09. The van der Waals surface area contributed by atoms with Crippen LogP contribution in [0.15, 0.2) is 18.2 Å². The molecule has 0 radical (unpaired) electrons.